The summed E-state index contributed by atoms with van der Waals surface area (Å²) in [6.07, 6.45) is 2.61. The molecule has 1 aromatic carbocycles. The van der Waals surface area contributed by atoms with Crippen molar-refractivity contribution in [3.8, 4) is 5.75 Å². The van der Waals surface area contributed by atoms with Crippen molar-refractivity contribution in [3.63, 3.8) is 0 Å². The first-order valence-electron chi connectivity index (χ1n) is 7.98. The lowest BCUT2D eigenvalue weighted by molar-refractivity contribution is -0.149. The number of aliphatic carboxylic acids is 1. The summed E-state index contributed by atoms with van der Waals surface area (Å²) in [4.78, 5) is 35.0. The SMILES string of the molecule is Cc1cccc(OCC(=O)NNC(=O)[C@@H]2CCCC[C@@H]2C(=O)O)c1. The van der Waals surface area contributed by atoms with Crippen LogP contribution in [0.1, 0.15) is 31.2 Å². The number of carbonyl (C=O) groups excluding carboxylic acids is 2. The Labute approximate surface area is 140 Å². The normalized spacial score (nSPS) is 20.0. The van der Waals surface area contributed by atoms with Crippen molar-refractivity contribution in [1.82, 2.24) is 10.9 Å². The molecule has 2 amide bonds. The Morgan fingerprint density at radius 1 is 1.17 bits per heavy atom. The molecule has 0 heterocycles. The molecule has 1 aliphatic carbocycles. The molecule has 1 fully saturated rings. The molecule has 7 nitrogen and oxygen atoms in total. The van der Waals surface area contributed by atoms with Crippen LogP contribution in [0.4, 0.5) is 0 Å². The second-order valence-corrected chi connectivity index (χ2v) is 5.98. The van der Waals surface area contributed by atoms with Crippen molar-refractivity contribution < 1.29 is 24.2 Å². The van der Waals surface area contributed by atoms with E-state index in [4.69, 9.17) is 4.74 Å². The number of carboxylic acid groups (broad SMARTS) is 1. The first-order valence-corrected chi connectivity index (χ1v) is 7.98. The van der Waals surface area contributed by atoms with E-state index in [1.165, 1.54) is 0 Å². The number of hydrogen-bond acceptors (Lipinski definition) is 4. The van der Waals surface area contributed by atoms with E-state index in [0.29, 0.717) is 18.6 Å². The number of carboxylic acids is 1. The molecule has 0 saturated heterocycles. The number of amides is 2. The molecule has 0 bridgehead atoms. The van der Waals surface area contributed by atoms with Gasteiger partial charge in [-0.25, -0.2) is 0 Å². The third-order valence-electron chi connectivity index (χ3n) is 4.10. The van der Waals surface area contributed by atoms with Gasteiger partial charge in [0.25, 0.3) is 5.91 Å². The summed E-state index contributed by atoms with van der Waals surface area (Å²) in [5, 5.41) is 9.18. The Kier molecular flexibility index (Phi) is 6.17. The summed E-state index contributed by atoms with van der Waals surface area (Å²) in [7, 11) is 0. The molecule has 1 saturated carbocycles. The molecule has 2 rings (SSSR count). The monoisotopic (exact) mass is 334 g/mol. The lowest BCUT2D eigenvalue weighted by Crippen LogP contribution is -2.49. The summed E-state index contributed by atoms with van der Waals surface area (Å²) >= 11 is 0. The van der Waals surface area contributed by atoms with Crippen LogP contribution in [0, 0.1) is 18.8 Å². The molecule has 0 aromatic heterocycles. The Morgan fingerprint density at radius 3 is 2.54 bits per heavy atom. The molecule has 24 heavy (non-hydrogen) atoms. The minimum absolute atomic E-state index is 0.239. The van der Waals surface area contributed by atoms with Crippen LogP contribution in [-0.2, 0) is 14.4 Å². The summed E-state index contributed by atoms with van der Waals surface area (Å²) in [6, 6.07) is 7.26. The van der Waals surface area contributed by atoms with Gasteiger partial charge in [0.15, 0.2) is 6.61 Å². The summed E-state index contributed by atoms with van der Waals surface area (Å²) in [6.45, 7) is 1.67. The van der Waals surface area contributed by atoms with Crippen LogP contribution >= 0.6 is 0 Å². The van der Waals surface area contributed by atoms with E-state index < -0.39 is 29.6 Å². The van der Waals surface area contributed by atoms with Crippen molar-refractivity contribution in [3.05, 3.63) is 29.8 Å². The summed E-state index contributed by atoms with van der Waals surface area (Å²) in [5.74, 6) is -2.69. The van der Waals surface area contributed by atoms with Gasteiger partial charge in [0.2, 0.25) is 5.91 Å². The maximum Gasteiger partial charge on any atom is 0.307 e. The lowest BCUT2D eigenvalue weighted by Gasteiger charge is -2.27. The van der Waals surface area contributed by atoms with Crippen LogP contribution < -0.4 is 15.6 Å². The fraction of sp³-hybridized carbons (Fsp3) is 0.471. The predicted octanol–water partition coefficient (Wildman–Crippen LogP) is 1.41. The number of hydrazine groups is 1. The number of aryl methyl sites for hydroxylation is 1. The van der Waals surface area contributed by atoms with Crippen LogP contribution in [-0.4, -0.2) is 29.5 Å². The zero-order chi connectivity index (χ0) is 17.5. The number of ether oxygens (including phenoxy) is 1. The quantitative estimate of drug-likeness (QED) is 0.706. The highest BCUT2D eigenvalue weighted by atomic mass is 16.5. The molecule has 0 unspecified atom stereocenters. The van der Waals surface area contributed by atoms with Gasteiger partial charge in [-0.05, 0) is 37.5 Å². The summed E-state index contributed by atoms with van der Waals surface area (Å²) in [5.41, 5.74) is 5.58. The fourth-order valence-electron chi connectivity index (χ4n) is 2.85. The Morgan fingerprint density at radius 2 is 1.88 bits per heavy atom. The van der Waals surface area contributed by atoms with Gasteiger partial charge in [-0.15, -0.1) is 0 Å². The average Bonchev–Trinajstić information content (AvgIpc) is 2.58. The number of benzene rings is 1. The van der Waals surface area contributed by atoms with Crippen LogP contribution in [0.5, 0.6) is 5.75 Å². The van der Waals surface area contributed by atoms with Gasteiger partial charge in [0.1, 0.15) is 5.75 Å². The lowest BCUT2D eigenvalue weighted by atomic mass is 9.79. The minimum Gasteiger partial charge on any atom is -0.484 e. The standard InChI is InChI=1S/C17H22N2O5/c1-11-5-4-6-12(9-11)24-10-15(20)18-19-16(21)13-7-2-3-8-14(13)17(22)23/h4-6,9,13-14H,2-3,7-8,10H2,1H3,(H,18,20)(H,19,21)(H,22,23)/t13-,14+/m1/s1. The molecule has 0 aliphatic heterocycles. The van der Waals surface area contributed by atoms with E-state index >= 15 is 0 Å². The largest absolute Gasteiger partial charge is 0.484 e. The fourth-order valence-corrected chi connectivity index (χ4v) is 2.85. The van der Waals surface area contributed by atoms with Gasteiger partial charge >= 0.3 is 5.97 Å². The molecule has 2 atom stereocenters. The predicted molar refractivity (Wildman–Crippen MR) is 86.0 cm³/mol. The third kappa shape index (κ3) is 4.97. The second-order valence-electron chi connectivity index (χ2n) is 5.98. The zero-order valence-corrected chi connectivity index (χ0v) is 13.6. The highest BCUT2D eigenvalue weighted by molar-refractivity contribution is 5.87. The van der Waals surface area contributed by atoms with Gasteiger partial charge in [0.05, 0.1) is 11.8 Å². The molecule has 130 valence electrons. The molecule has 1 aromatic rings. The first kappa shape index (κ1) is 17.8. The highest BCUT2D eigenvalue weighted by Crippen LogP contribution is 2.30. The third-order valence-corrected chi connectivity index (χ3v) is 4.10. The van der Waals surface area contributed by atoms with Crippen molar-refractivity contribution in [2.24, 2.45) is 11.8 Å². The number of hydrogen-bond donors (Lipinski definition) is 3. The molecular formula is C17H22N2O5. The molecular weight excluding hydrogens is 312 g/mol. The van der Waals surface area contributed by atoms with Crippen molar-refractivity contribution in [2.75, 3.05) is 6.61 Å². The van der Waals surface area contributed by atoms with Gasteiger partial charge < -0.3 is 9.84 Å². The van der Waals surface area contributed by atoms with E-state index in [9.17, 15) is 19.5 Å². The topological polar surface area (TPSA) is 105 Å². The van der Waals surface area contributed by atoms with Gasteiger partial charge in [-0.3, -0.25) is 25.2 Å². The Hall–Kier alpha value is -2.57. The zero-order valence-electron chi connectivity index (χ0n) is 13.6. The smallest absolute Gasteiger partial charge is 0.307 e. The van der Waals surface area contributed by atoms with Gasteiger partial charge in [0, 0.05) is 0 Å². The number of carbonyl (C=O) groups is 3. The van der Waals surface area contributed by atoms with Crippen LogP contribution in [0.25, 0.3) is 0 Å². The molecule has 3 N–H and O–H groups in total. The van der Waals surface area contributed by atoms with Crippen molar-refractivity contribution in [2.45, 2.75) is 32.6 Å². The van der Waals surface area contributed by atoms with Crippen molar-refractivity contribution >= 4 is 17.8 Å². The number of rotatable bonds is 5. The van der Waals surface area contributed by atoms with E-state index in [2.05, 4.69) is 10.9 Å². The van der Waals surface area contributed by atoms with E-state index in [0.717, 1.165) is 18.4 Å². The minimum atomic E-state index is -0.969. The molecule has 0 spiro atoms. The van der Waals surface area contributed by atoms with Gasteiger partial charge in [-0.1, -0.05) is 25.0 Å². The molecule has 7 heteroatoms. The molecule has 0 radical (unpaired) electrons. The second kappa shape index (κ2) is 8.33. The van der Waals surface area contributed by atoms with Crippen LogP contribution in [0.2, 0.25) is 0 Å². The Balaban J connectivity index is 1.78. The summed E-state index contributed by atoms with van der Waals surface area (Å²) < 4.78 is 5.33. The number of nitrogens with one attached hydrogen (secondary N) is 2. The first-order chi connectivity index (χ1) is 11.5. The van der Waals surface area contributed by atoms with Gasteiger partial charge in [-0.2, -0.15) is 0 Å². The molecule has 1 aliphatic rings. The Bertz CT molecular complexity index is 617. The van der Waals surface area contributed by atoms with Crippen molar-refractivity contribution in [1.29, 1.82) is 0 Å². The maximum absolute atomic E-state index is 12.1. The van der Waals surface area contributed by atoms with Crippen LogP contribution in [0.3, 0.4) is 0 Å². The average molecular weight is 334 g/mol. The van der Waals surface area contributed by atoms with E-state index in [1.807, 2.05) is 19.1 Å². The highest BCUT2D eigenvalue weighted by Gasteiger charge is 2.35. The van der Waals surface area contributed by atoms with E-state index in [1.54, 1.807) is 12.1 Å². The maximum atomic E-state index is 12.1. The van der Waals surface area contributed by atoms with E-state index in [-0.39, 0.29) is 6.61 Å². The van der Waals surface area contributed by atoms with Crippen LogP contribution in [0.15, 0.2) is 24.3 Å².